The SMILES string of the molecule is CCNC(CCSc1nccc(=O)[nH]1)C(=O)O. The van der Waals surface area contributed by atoms with Gasteiger partial charge in [-0.25, -0.2) is 4.98 Å². The third-order valence-electron chi connectivity index (χ3n) is 2.04. The van der Waals surface area contributed by atoms with Crippen LogP contribution in [-0.2, 0) is 4.79 Å². The van der Waals surface area contributed by atoms with Gasteiger partial charge in [0.2, 0.25) is 0 Å². The normalized spacial score (nSPS) is 12.3. The minimum Gasteiger partial charge on any atom is -0.480 e. The lowest BCUT2D eigenvalue weighted by Gasteiger charge is -2.11. The second-order valence-electron chi connectivity index (χ2n) is 3.32. The van der Waals surface area contributed by atoms with Crippen molar-refractivity contribution in [1.82, 2.24) is 15.3 Å². The van der Waals surface area contributed by atoms with Crippen LogP contribution in [-0.4, -0.2) is 39.4 Å². The van der Waals surface area contributed by atoms with Gasteiger partial charge in [0, 0.05) is 18.0 Å². The topological polar surface area (TPSA) is 95.1 Å². The van der Waals surface area contributed by atoms with Crippen LogP contribution in [0.2, 0.25) is 0 Å². The van der Waals surface area contributed by atoms with E-state index in [9.17, 15) is 9.59 Å². The van der Waals surface area contributed by atoms with E-state index in [1.807, 2.05) is 6.92 Å². The van der Waals surface area contributed by atoms with Crippen molar-refractivity contribution in [1.29, 1.82) is 0 Å². The number of aromatic nitrogens is 2. The molecule has 1 rings (SSSR count). The Morgan fingerprint density at radius 2 is 2.47 bits per heavy atom. The van der Waals surface area contributed by atoms with Crippen LogP contribution in [0.4, 0.5) is 0 Å². The quantitative estimate of drug-likeness (QED) is 0.481. The third kappa shape index (κ3) is 5.01. The summed E-state index contributed by atoms with van der Waals surface area (Å²) in [6.07, 6.45) is 1.91. The number of aliphatic carboxylic acids is 1. The molecule has 0 bridgehead atoms. The minimum atomic E-state index is -0.859. The number of thioether (sulfide) groups is 1. The van der Waals surface area contributed by atoms with Gasteiger partial charge in [-0.2, -0.15) is 0 Å². The fourth-order valence-corrected chi connectivity index (χ4v) is 2.11. The van der Waals surface area contributed by atoms with Crippen LogP contribution in [0.25, 0.3) is 0 Å². The van der Waals surface area contributed by atoms with Gasteiger partial charge in [0.25, 0.3) is 5.56 Å². The van der Waals surface area contributed by atoms with Crippen LogP contribution in [0, 0.1) is 0 Å². The van der Waals surface area contributed by atoms with Crippen LogP contribution in [0.3, 0.4) is 0 Å². The van der Waals surface area contributed by atoms with Gasteiger partial charge in [-0.1, -0.05) is 18.7 Å². The Kier molecular flexibility index (Phi) is 5.71. The summed E-state index contributed by atoms with van der Waals surface area (Å²) in [6, 6.07) is 0.783. The van der Waals surface area contributed by atoms with E-state index in [-0.39, 0.29) is 5.56 Å². The van der Waals surface area contributed by atoms with E-state index >= 15 is 0 Å². The molecule has 0 amide bonds. The van der Waals surface area contributed by atoms with Crippen molar-refractivity contribution in [2.45, 2.75) is 24.5 Å². The molecule has 1 heterocycles. The zero-order valence-electron chi connectivity index (χ0n) is 9.47. The number of carbonyl (C=O) groups is 1. The number of hydrogen-bond donors (Lipinski definition) is 3. The van der Waals surface area contributed by atoms with Crippen LogP contribution in [0.15, 0.2) is 22.2 Å². The zero-order valence-corrected chi connectivity index (χ0v) is 10.3. The fourth-order valence-electron chi connectivity index (χ4n) is 1.26. The van der Waals surface area contributed by atoms with Gasteiger partial charge < -0.3 is 15.4 Å². The summed E-state index contributed by atoms with van der Waals surface area (Å²) >= 11 is 1.34. The summed E-state index contributed by atoms with van der Waals surface area (Å²) in [5.74, 6) is -0.279. The highest BCUT2D eigenvalue weighted by Crippen LogP contribution is 2.12. The number of aromatic amines is 1. The van der Waals surface area contributed by atoms with Crippen molar-refractivity contribution in [2.24, 2.45) is 0 Å². The molecule has 0 fully saturated rings. The summed E-state index contributed by atoms with van der Waals surface area (Å²) < 4.78 is 0. The highest BCUT2D eigenvalue weighted by Gasteiger charge is 2.15. The molecule has 7 heteroatoms. The molecule has 1 aromatic rings. The molecule has 0 radical (unpaired) electrons. The first-order valence-electron chi connectivity index (χ1n) is 5.27. The standard InChI is InChI=1S/C10H15N3O3S/c1-2-11-7(9(15)16)4-6-17-10-12-5-3-8(14)13-10/h3,5,7,11H,2,4,6H2,1H3,(H,15,16)(H,12,13,14). The van der Waals surface area contributed by atoms with Gasteiger partial charge in [0.15, 0.2) is 5.16 Å². The predicted molar refractivity (Wildman–Crippen MR) is 65.3 cm³/mol. The summed E-state index contributed by atoms with van der Waals surface area (Å²) in [5.41, 5.74) is -0.205. The van der Waals surface area contributed by atoms with Crippen LogP contribution >= 0.6 is 11.8 Å². The van der Waals surface area contributed by atoms with Gasteiger partial charge in [0.1, 0.15) is 6.04 Å². The fraction of sp³-hybridized carbons (Fsp3) is 0.500. The first-order valence-corrected chi connectivity index (χ1v) is 6.26. The highest BCUT2D eigenvalue weighted by atomic mass is 32.2. The van der Waals surface area contributed by atoms with Crippen LogP contribution in [0.5, 0.6) is 0 Å². The Morgan fingerprint density at radius 1 is 1.71 bits per heavy atom. The van der Waals surface area contributed by atoms with Gasteiger partial charge in [-0.05, 0) is 13.0 Å². The van der Waals surface area contributed by atoms with E-state index < -0.39 is 12.0 Å². The van der Waals surface area contributed by atoms with Gasteiger partial charge >= 0.3 is 5.97 Å². The lowest BCUT2D eigenvalue weighted by atomic mass is 10.2. The molecular weight excluding hydrogens is 242 g/mol. The molecule has 0 aromatic carbocycles. The number of H-pyrrole nitrogens is 1. The van der Waals surface area contributed by atoms with Gasteiger partial charge in [-0.15, -0.1) is 0 Å². The van der Waals surface area contributed by atoms with Crippen molar-refractivity contribution in [3.05, 3.63) is 22.6 Å². The Bertz CT molecular complexity index is 421. The summed E-state index contributed by atoms with van der Waals surface area (Å²) in [6.45, 7) is 2.47. The molecule has 0 aliphatic rings. The maximum Gasteiger partial charge on any atom is 0.320 e. The second-order valence-corrected chi connectivity index (χ2v) is 4.41. The van der Waals surface area contributed by atoms with E-state index in [2.05, 4.69) is 15.3 Å². The largest absolute Gasteiger partial charge is 0.480 e. The molecule has 1 atom stereocenters. The van der Waals surface area contributed by atoms with Crippen LogP contribution in [0.1, 0.15) is 13.3 Å². The number of nitrogens with one attached hydrogen (secondary N) is 2. The zero-order chi connectivity index (χ0) is 12.7. The van der Waals surface area contributed by atoms with Crippen molar-refractivity contribution < 1.29 is 9.90 Å². The number of likely N-dealkylation sites (N-methyl/N-ethyl adjacent to an activating group) is 1. The summed E-state index contributed by atoms with van der Waals surface area (Å²) in [7, 11) is 0. The third-order valence-corrected chi connectivity index (χ3v) is 2.96. The maximum absolute atomic E-state index is 11.0. The number of hydrogen-bond acceptors (Lipinski definition) is 5. The number of nitrogens with zero attached hydrogens (tertiary/aromatic N) is 1. The molecule has 94 valence electrons. The average molecular weight is 257 g/mol. The Hall–Kier alpha value is -1.34. The molecule has 17 heavy (non-hydrogen) atoms. The Morgan fingerprint density at radius 3 is 3.06 bits per heavy atom. The van der Waals surface area contributed by atoms with Crippen molar-refractivity contribution in [2.75, 3.05) is 12.3 Å². The molecular formula is C10H15N3O3S. The second kappa shape index (κ2) is 7.08. The predicted octanol–water partition coefficient (Wildman–Crippen LogP) is 0.315. The smallest absolute Gasteiger partial charge is 0.320 e. The minimum absolute atomic E-state index is 0.205. The molecule has 1 unspecified atom stereocenters. The van der Waals surface area contributed by atoms with E-state index in [4.69, 9.17) is 5.11 Å². The average Bonchev–Trinajstić information content (AvgIpc) is 2.28. The lowest BCUT2D eigenvalue weighted by Crippen LogP contribution is -2.36. The molecule has 1 aromatic heterocycles. The molecule has 3 N–H and O–H groups in total. The van der Waals surface area contributed by atoms with Crippen molar-refractivity contribution in [3.8, 4) is 0 Å². The lowest BCUT2D eigenvalue weighted by molar-refractivity contribution is -0.139. The van der Waals surface area contributed by atoms with Crippen molar-refractivity contribution >= 4 is 17.7 Å². The van der Waals surface area contributed by atoms with Gasteiger partial charge in [0.05, 0.1) is 0 Å². The molecule has 6 nitrogen and oxygen atoms in total. The maximum atomic E-state index is 11.0. The molecule has 0 aliphatic carbocycles. The summed E-state index contributed by atoms with van der Waals surface area (Å²) in [5, 5.41) is 12.3. The highest BCUT2D eigenvalue weighted by molar-refractivity contribution is 7.99. The van der Waals surface area contributed by atoms with Gasteiger partial charge in [-0.3, -0.25) is 9.59 Å². The van der Waals surface area contributed by atoms with E-state index in [1.165, 1.54) is 24.0 Å². The molecule has 0 saturated carbocycles. The molecule has 0 spiro atoms. The number of rotatable bonds is 7. The monoisotopic (exact) mass is 257 g/mol. The van der Waals surface area contributed by atoms with E-state index in [0.717, 1.165) is 0 Å². The first kappa shape index (κ1) is 13.7. The van der Waals surface area contributed by atoms with Crippen molar-refractivity contribution in [3.63, 3.8) is 0 Å². The molecule has 0 aliphatic heterocycles. The van der Waals surface area contributed by atoms with Crippen LogP contribution < -0.4 is 10.9 Å². The van der Waals surface area contributed by atoms with E-state index in [1.54, 1.807) is 0 Å². The summed E-state index contributed by atoms with van der Waals surface area (Å²) in [4.78, 5) is 28.4. The first-order chi connectivity index (χ1) is 8.13. The Labute approximate surface area is 103 Å². The molecule has 0 saturated heterocycles. The van der Waals surface area contributed by atoms with E-state index in [0.29, 0.717) is 23.9 Å². The number of carboxylic acid groups (broad SMARTS) is 1. The number of carboxylic acids is 1. The Balaban J connectivity index is 2.40.